The molecule has 0 aliphatic carbocycles. The Kier molecular flexibility index (Phi) is 10.1. The molecule has 3 N–H and O–H groups in total. The number of benzene rings is 1. The maximum absolute atomic E-state index is 12.3. The van der Waals surface area contributed by atoms with E-state index in [-0.39, 0.29) is 19.2 Å². The van der Waals surface area contributed by atoms with Gasteiger partial charge in [-0.2, -0.15) is 13.2 Å². The molecule has 0 heterocycles. The van der Waals surface area contributed by atoms with Crippen molar-refractivity contribution in [3.63, 3.8) is 0 Å². The summed E-state index contributed by atoms with van der Waals surface area (Å²) in [5.74, 6) is 1.18. The molecule has 0 amide bonds. The second-order valence-electron chi connectivity index (χ2n) is 6.75. The maximum Gasteiger partial charge on any atom is 0.401 e. The highest BCUT2D eigenvalue weighted by Crippen LogP contribution is 2.19. The molecule has 0 aliphatic rings. The maximum atomic E-state index is 12.3. The van der Waals surface area contributed by atoms with Crippen molar-refractivity contribution in [2.45, 2.75) is 39.2 Å². The van der Waals surface area contributed by atoms with Gasteiger partial charge in [-0.3, -0.25) is 9.89 Å². The Labute approximate surface area is 164 Å². The summed E-state index contributed by atoms with van der Waals surface area (Å²) in [7, 11) is 1.41. The molecule has 6 nitrogen and oxygen atoms in total. The Morgan fingerprint density at radius 3 is 2.39 bits per heavy atom. The van der Waals surface area contributed by atoms with E-state index in [1.54, 1.807) is 24.3 Å². The lowest BCUT2D eigenvalue weighted by atomic mass is 10.1. The van der Waals surface area contributed by atoms with Crippen molar-refractivity contribution >= 4 is 5.96 Å². The molecular weight excluding hydrogens is 373 g/mol. The van der Waals surface area contributed by atoms with Crippen molar-refractivity contribution in [1.29, 1.82) is 0 Å². The Morgan fingerprint density at radius 2 is 1.86 bits per heavy atom. The van der Waals surface area contributed by atoms with Crippen LogP contribution in [0.2, 0.25) is 0 Å². The highest BCUT2D eigenvalue weighted by molar-refractivity contribution is 5.79. The van der Waals surface area contributed by atoms with Crippen LogP contribution < -0.4 is 15.4 Å². The molecule has 1 aromatic carbocycles. The first-order chi connectivity index (χ1) is 13.1. The summed E-state index contributed by atoms with van der Waals surface area (Å²) in [5, 5.41) is 16.3. The van der Waals surface area contributed by atoms with Gasteiger partial charge in [0.1, 0.15) is 5.75 Å². The molecule has 0 bridgehead atoms. The van der Waals surface area contributed by atoms with Crippen LogP contribution in [-0.2, 0) is 0 Å². The molecule has 9 heteroatoms. The second kappa shape index (κ2) is 11.8. The number of nitrogens with one attached hydrogen (secondary N) is 2. The Bertz CT molecular complexity index is 592. The fourth-order valence-corrected chi connectivity index (χ4v) is 2.42. The second-order valence-corrected chi connectivity index (χ2v) is 6.75. The van der Waals surface area contributed by atoms with Gasteiger partial charge in [0.2, 0.25) is 0 Å². The zero-order valence-electron chi connectivity index (χ0n) is 16.9. The first kappa shape index (κ1) is 24.0. The number of nitrogens with zero attached hydrogens (tertiary/aromatic N) is 2. The minimum Gasteiger partial charge on any atom is -0.491 e. The molecule has 0 saturated heterocycles. The molecule has 1 rings (SSSR count). The largest absolute Gasteiger partial charge is 0.491 e. The third kappa shape index (κ3) is 10.4. The van der Waals surface area contributed by atoms with Gasteiger partial charge < -0.3 is 20.5 Å². The number of rotatable bonds is 10. The molecule has 1 aromatic rings. The van der Waals surface area contributed by atoms with Gasteiger partial charge in [0.05, 0.1) is 25.3 Å². The average molecular weight is 404 g/mol. The van der Waals surface area contributed by atoms with Crippen molar-refractivity contribution in [3.8, 4) is 5.75 Å². The van der Waals surface area contributed by atoms with Gasteiger partial charge >= 0.3 is 6.18 Å². The third-order valence-corrected chi connectivity index (χ3v) is 3.64. The molecule has 160 valence electrons. The number of hydrogen-bond acceptors (Lipinski definition) is 4. The summed E-state index contributed by atoms with van der Waals surface area (Å²) >= 11 is 0. The van der Waals surface area contributed by atoms with E-state index in [0.717, 1.165) is 5.75 Å². The van der Waals surface area contributed by atoms with Crippen LogP contribution in [0.4, 0.5) is 13.2 Å². The van der Waals surface area contributed by atoms with E-state index in [0.29, 0.717) is 24.6 Å². The summed E-state index contributed by atoms with van der Waals surface area (Å²) in [4.78, 5) is 5.49. The Morgan fingerprint density at radius 1 is 1.21 bits per heavy atom. The first-order valence-electron chi connectivity index (χ1n) is 9.33. The lowest BCUT2D eigenvalue weighted by molar-refractivity contribution is -0.142. The lowest BCUT2D eigenvalue weighted by Crippen LogP contribution is -2.42. The summed E-state index contributed by atoms with van der Waals surface area (Å²) in [5.41, 5.74) is 0.709. The molecule has 0 spiro atoms. The number of halogens is 3. The fraction of sp³-hybridized carbons (Fsp3) is 0.632. The molecule has 0 fully saturated rings. The molecule has 0 radical (unpaired) electrons. The number of aliphatic hydroxyl groups is 1. The van der Waals surface area contributed by atoms with Crippen LogP contribution in [0.1, 0.15) is 32.4 Å². The highest BCUT2D eigenvalue weighted by Gasteiger charge is 2.28. The van der Waals surface area contributed by atoms with Gasteiger partial charge in [-0.25, -0.2) is 0 Å². The number of ether oxygens (including phenoxy) is 1. The summed E-state index contributed by atoms with van der Waals surface area (Å²) < 4.78 is 42.6. The SMILES string of the molecule is CCNC(=NCC(O)c1ccc(OC(C)C)cc1)NCCN(C)CC(F)(F)F. The van der Waals surface area contributed by atoms with Crippen LogP contribution in [0, 0.1) is 0 Å². The molecule has 0 aliphatic heterocycles. The zero-order valence-corrected chi connectivity index (χ0v) is 16.9. The van der Waals surface area contributed by atoms with Crippen LogP contribution in [0.5, 0.6) is 5.75 Å². The van der Waals surface area contributed by atoms with Crippen molar-refractivity contribution in [1.82, 2.24) is 15.5 Å². The van der Waals surface area contributed by atoms with E-state index in [1.807, 2.05) is 20.8 Å². The summed E-state index contributed by atoms with van der Waals surface area (Å²) in [6, 6.07) is 7.15. The van der Waals surface area contributed by atoms with E-state index >= 15 is 0 Å². The van der Waals surface area contributed by atoms with Gasteiger partial charge in [0.25, 0.3) is 0 Å². The van der Waals surface area contributed by atoms with Crippen LogP contribution in [0.25, 0.3) is 0 Å². The van der Waals surface area contributed by atoms with Crippen molar-refractivity contribution < 1.29 is 23.0 Å². The quantitative estimate of drug-likeness (QED) is 0.413. The van der Waals surface area contributed by atoms with Gasteiger partial charge in [-0.1, -0.05) is 12.1 Å². The molecule has 1 unspecified atom stereocenters. The predicted molar refractivity (Wildman–Crippen MR) is 105 cm³/mol. The molecular formula is C19H31F3N4O2. The smallest absolute Gasteiger partial charge is 0.401 e. The summed E-state index contributed by atoms with van der Waals surface area (Å²) in [6.07, 6.45) is -4.94. The lowest BCUT2D eigenvalue weighted by Gasteiger charge is -2.19. The van der Waals surface area contributed by atoms with Crippen molar-refractivity contribution in [2.75, 3.05) is 39.8 Å². The number of aliphatic hydroxyl groups excluding tert-OH is 1. The normalized spacial score (nSPS) is 13.7. The van der Waals surface area contributed by atoms with Crippen LogP contribution >= 0.6 is 0 Å². The van der Waals surface area contributed by atoms with E-state index in [1.165, 1.54) is 11.9 Å². The van der Waals surface area contributed by atoms with Gasteiger partial charge in [0.15, 0.2) is 5.96 Å². The van der Waals surface area contributed by atoms with E-state index in [9.17, 15) is 18.3 Å². The number of hydrogen-bond donors (Lipinski definition) is 3. The Balaban J connectivity index is 2.53. The number of alkyl halides is 3. The van der Waals surface area contributed by atoms with E-state index in [4.69, 9.17) is 4.74 Å². The fourth-order valence-electron chi connectivity index (χ4n) is 2.42. The first-order valence-corrected chi connectivity index (χ1v) is 9.33. The molecule has 0 saturated carbocycles. The van der Waals surface area contributed by atoms with Crippen molar-refractivity contribution in [3.05, 3.63) is 29.8 Å². The molecule has 1 atom stereocenters. The highest BCUT2D eigenvalue weighted by atomic mass is 19.4. The Hall–Kier alpha value is -2.00. The van der Waals surface area contributed by atoms with Gasteiger partial charge in [-0.05, 0) is 45.5 Å². The number of aliphatic imine (C=N–C) groups is 1. The minimum absolute atomic E-state index is 0.0734. The van der Waals surface area contributed by atoms with Crippen LogP contribution in [0.15, 0.2) is 29.3 Å². The van der Waals surface area contributed by atoms with Crippen LogP contribution in [-0.4, -0.2) is 68.0 Å². The van der Waals surface area contributed by atoms with Gasteiger partial charge in [0, 0.05) is 19.6 Å². The van der Waals surface area contributed by atoms with E-state index in [2.05, 4.69) is 15.6 Å². The third-order valence-electron chi connectivity index (χ3n) is 3.64. The standard InChI is InChI=1S/C19H31F3N4O2/c1-5-23-18(24-10-11-26(4)13-19(20,21)22)25-12-17(27)15-6-8-16(9-7-15)28-14(2)3/h6-9,14,17,27H,5,10-13H2,1-4H3,(H2,23,24,25). The zero-order chi connectivity index (χ0) is 21.2. The minimum atomic E-state index is -4.22. The van der Waals surface area contributed by atoms with Gasteiger partial charge in [-0.15, -0.1) is 0 Å². The number of likely N-dealkylation sites (N-methyl/N-ethyl adjacent to an activating group) is 1. The molecule has 0 aromatic heterocycles. The summed E-state index contributed by atoms with van der Waals surface area (Å²) in [6.45, 7) is 6.04. The molecule has 28 heavy (non-hydrogen) atoms. The van der Waals surface area contributed by atoms with E-state index < -0.39 is 18.8 Å². The topological polar surface area (TPSA) is 69.1 Å². The van der Waals surface area contributed by atoms with Crippen molar-refractivity contribution in [2.24, 2.45) is 4.99 Å². The monoisotopic (exact) mass is 404 g/mol. The number of guanidine groups is 1. The van der Waals surface area contributed by atoms with Crippen LogP contribution in [0.3, 0.4) is 0 Å². The predicted octanol–water partition coefficient (Wildman–Crippen LogP) is 2.56. The average Bonchev–Trinajstić information content (AvgIpc) is 2.58.